The molecule has 4 heterocycles. The number of ether oxygens (including phenoxy) is 1. The Bertz CT molecular complexity index is 1650. The number of benzene rings is 1. The average molecular weight is 604 g/mol. The van der Waals surface area contributed by atoms with E-state index in [0.29, 0.717) is 37.4 Å². The molecular weight excluding hydrogens is 566 g/mol. The van der Waals surface area contributed by atoms with E-state index in [1.165, 1.54) is 9.44 Å². The number of anilines is 1. The van der Waals surface area contributed by atoms with Gasteiger partial charge in [-0.05, 0) is 50.8 Å². The van der Waals surface area contributed by atoms with E-state index >= 15 is 0 Å². The normalized spacial score (nSPS) is 13.0. The van der Waals surface area contributed by atoms with Crippen molar-refractivity contribution >= 4 is 29.2 Å². The van der Waals surface area contributed by atoms with Gasteiger partial charge in [0.25, 0.3) is 5.56 Å². The van der Waals surface area contributed by atoms with Gasteiger partial charge in [-0.1, -0.05) is 30.3 Å². The minimum absolute atomic E-state index is 0.170. The second-order valence-electron chi connectivity index (χ2n) is 11.5. The molecule has 0 bridgehead atoms. The number of rotatable bonds is 9. The molecule has 2 N–H and O–H groups in total. The Hall–Kier alpha value is -4.45. The van der Waals surface area contributed by atoms with Crippen molar-refractivity contribution in [3.63, 3.8) is 0 Å². The van der Waals surface area contributed by atoms with Crippen LogP contribution in [-0.2, 0) is 49.1 Å². The molecule has 0 atom stereocenters. The van der Waals surface area contributed by atoms with Gasteiger partial charge in [-0.25, -0.2) is 9.78 Å². The van der Waals surface area contributed by atoms with Gasteiger partial charge < -0.3 is 20.3 Å². The molecule has 11 nitrogen and oxygen atoms in total. The number of thiophene rings is 1. The first-order chi connectivity index (χ1) is 20.6. The lowest BCUT2D eigenvalue weighted by Crippen LogP contribution is -2.39. The van der Waals surface area contributed by atoms with Gasteiger partial charge in [0, 0.05) is 41.7 Å². The summed E-state index contributed by atoms with van der Waals surface area (Å²) in [4.78, 5) is 47.5. The van der Waals surface area contributed by atoms with Gasteiger partial charge >= 0.3 is 6.09 Å². The van der Waals surface area contributed by atoms with Crippen LogP contribution in [0.5, 0.6) is 0 Å². The quantitative estimate of drug-likeness (QED) is 0.297. The predicted octanol–water partition coefficient (Wildman–Crippen LogP) is 3.97. The molecule has 0 fully saturated rings. The molecule has 1 aliphatic heterocycles. The fraction of sp³-hybridized carbons (Fsp3) is 0.387. The number of nitrogens with one attached hydrogen (secondary N) is 2. The Balaban J connectivity index is 1.25. The average Bonchev–Trinajstić information content (AvgIpc) is 3.58. The van der Waals surface area contributed by atoms with Crippen molar-refractivity contribution in [2.75, 3.05) is 18.4 Å². The molecule has 3 aromatic heterocycles. The van der Waals surface area contributed by atoms with E-state index in [0.717, 1.165) is 28.8 Å². The second-order valence-corrected chi connectivity index (χ2v) is 12.8. The molecule has 4 aromatic rings. The summed E-state index contributed by atoms with van der Waals surface area (Å²) in [6.07, 6.45) is 6.18. The van der Waals surface area contributed by atoms with Gasteiger partial charge in [-0.3, -0.25) is 18.8 Å². The molecule has 0 aliphatic carbocycles. The van der Waals surface area contributed by atoms with Gasteiger partial charge in [-0.2, -0.15) is 5.10 Å². The fourth-order valence-corrected chi connectivity index (χ4v) is 5.98. The fourth-order valence-electron chi connectivity index (χ4n) is 4.87. The minimum Gasteiger partial charge on any atom is -0.444 e. The molecule has 2 amide bonds. The number of amides is 2. The number of hydrogen-bond donors (Lipinski definition) is 2. The third kappa shape index (κ3) is 7.69. The number of carbonyl (C=O) groups is 2. The molecule has 0 saturated carbocycles. The molecule has 5 rings (SSSR count). The maximum Gasteiger partial charge on any atom is 0.410 e. The number of carbonyl (C=O) groups excluding carboxylic acids is 2. The zero-order valence-corrected chi connectivity index (χ0v) is 25.7. The van der Waals surface area contributed by atoms with Crippen LogP contribution in [0, 0.1) is 0 Å². The van der Waals surface area contributed by atoms with E-state index in [2.05, 4.69) is 20.7 Å². The molecule has 0 saturated heterocycles. The number of fused-ring (bicyclic) bond motifs is 1. The summed E-state index contributed by atoms with van der Waals surface area (Å²) >= 11 is 1.63. The van der Waals surface area contributed by atoms with Crippen molar-refractivity contribution in [3.8, 4) is 11.3 Å². The highest BCUT2D eigenvalue weighted by Crippen LogP contribution is 2.29. The molecular formula is C31H37N7O4S. The molecule has 0 unspecified atom stereocenters. The maximum absolute atomic E-state index is 13.5. The van der Waals surface area contributed by atoms with E-state index in [-0.39, 0.29) is 29.9 Å². The van der Waals surface area contributed by atoms with Crippen LogP contribution in [0.15, 0.2) is 59.8 Å². The number of nitrogens with zero attached hydrogens (tertiary/aromatic N) is 5. The van der Waals surface area contributed by atoms with Gasteiger partial charge in [0.05, 0.1) is 31.2 Å². The monoisotopic (exact) mass is 603 g/mol. The molecule has 43 heavy (non-hydrogen) atoms. The smallest absolute Gasteiger partial charge is 0.410 e. The van der Waals surface area contributed by atoms with Crippen molar-refractivity contribution in [1.29, 1.82) is 0 Å². The van der Waals surface area contributed by atoms with Gasteiger partial charge in [0.15, 0.2) is 5.82 Å². The van der Waals surface area contributed by atoms with Crippen LogP contribution in [0.4, 0.5) is 10.6 Å². The summed E-state index contributed by atoms with van der Waals surface area (Å²) in [5.74, 6) is -0.104. The van der Waals surface area contributed by atoms with E-state index in [1.807, 2.05) is 57.2 Å². The zero-order valence-electron chi connectivity index (χ0n) is 24.9. The lowest BCUT2D eigenvalue weighted by atomic mass is 10.1. The largest absolute Gasteiger partial charge is 0.444 e. The standard InChI is InChI=1S/C31H37N7O4S/c1-31(2,3)42-30(41)37-13-11-26-22(19-37)14-24(43-26)16-33-27(39)20-38-25(23-15-35-36(4)18-23)17-34-28(29(38)40)32-12-10-21-8-6-5-7-9-21/h5-9,14-15,17-18H,10-13,16,19-20H2,1-4H3,(H,32,34)(H,33,39). The Kier molecular flexibility index (Phi) is 8.95. The molecule has 226 valence electrons. The summed E-state index contributed by atoms with van der Waals surface area (Å²) in [6.45, 7) is 7.33. The molecule has 0 spiro atoms. The van der Waals surface area contributed by atoms with Crippen LogP contribution in [0.25, 0.3) is 11.3 Å². The first-order valence-electron chi connectivity index (χ1n) is 14.3. The highest BCUT2D eigenvalue weighted by molar-refractivity contribution is 7.12. The van der Waals surface area contributed by atoms with Crippen LogP contribution < -0.4 is 16.2 Å². The van der Waals surface area contributed by atoms with Crippen molar-refractivity contribution in [2.45, 2.75) is 58.8 Å². The Morgan fingerprint density at radius 3 is 2.65 bits per heavy atom. The summed E-state index contributed by atoms with van der Waals surface area (Å²) in [5, 5.41) is 10.3. The number of aryl methyl sites for hydroxylation is 1. The van der Waals surface area contributed by atoms with Gasteiger partial charge in [0.2, 0.25) is 5.91 Å². The van der Waals surface area contributed by atoms with Crippen LogP contribution in [0.3, 0.4) is 0 Å². The highest BCUT2D eigenvalue weighted by atomic mass is 32.1. The zero-order chi connectivity index (χ0) is 30.6. The maximum atomic E-state index is 13.5. The second kappa shape index (κ2) is 12.8. The van der Waals surface area contributed by atoms with E-state index in [9.17, 15) is 14.4 Å². The lowest BCUT2D eigenvalue weighted by Gasteiger charge is -2.29. The predicted molar refractivity (Wildman–Crippen MR) is 166 cm³/mol. The van der Waals surface area contributed by atoms with E-state index in [1.54, 1.807) is 46.6 Å². The third-order valence-corrected chi connectivity index (χ3v) is 8.17. The van der Waals surface area contributed by atoms with Crippen molar-refractivity contribution in [3.05, 3.63) is 86.2 Å². The third-order valence-electron chi connectivity index (χ3n) is 6.93. The van der Waals surface area contributed by atoms with Crippen LogP contribution in [0.1, 0.15) is 41.7 Å². The topological polar surface area (TPSA) is 123 Å². The van der Waals surface area contributed by atoms with Crippen LogP contribution >= 0.6 is 11.3 Å². The minimum atomic E-state index is -0.548. The highest BCUT2D eigenvalue weighted by Gasteiger charge is 2.27. The first-order valence-corrected chi connectivity index (χ1v) is 15.1. The van der Waals surface area contributed by atoms with Crippen LogP contribution in [0.2, 0.25) is 0 Å². The van der Waals surface area contributed by atoms with E-state index in [4.69, 9.17) is 4.74 Å². The Labute approximate surface area is 254 Å². The molecule has 0 radical (unpaired) electrons. The van der Waals surface area contributed by atoms with Gasteiger partial charge in [0.1, 0.15) is 12.1 Å². The summed E-state index contributed by atoms with van der Waals surface area (Å²) in [7, 11) is 1.79. The lowest BCUT2D eigenvalue weighted by molar-refractivity contribution is -0.121. The number of aromatic nitrogens is 4. The first kappa shape index (κ1) is 30.0. The Morgan fingerprint density at radius 2 is 1.93 bits per heavy atom. The summed E-state index contributed by atoms with van der Waals surface area (Å²) in [5.41, 5.74) is 2.50. The van der Waals surface area contributed by atoms with Crippen LogP contribution in [-0.4, -0.2) is 54.9 Å². The molecule has 12 heteroatoms. The van der Waals surface area contributed by atoms with Crippen molar-refractivity contribution in [1.82, 2.24) is 29.5 Å². The Morgan fingerprint density at radius 1 is 1.14 bits per heavy atom. The summed E-state index contributed by atoms with van der Waals surface area (Å²) in [6, 6.07) is 12.0. The summed E-state index contributed by atoms with van der Waals surface area (Å²) < 4.78 is 8.60. The van der Waals surface area contributed by atoms with Gasteiger partial charge in [-0.15, -0.1) is 11.3 Å². The van der Waals surface area contributed by atoms with Crippen molar-refractivity contribution in [2.24, 2.45) is 7.05 Å². The molecule has 1 aliphatic rings. The molecule has 1 aromatic carbocycles. The number of hydrogen-bond acceptors (Lipinski definition) is 8. The van der Waals surface area contributed by atoms with Crippen molar-refractivity contribution < 1.29 is 14.3 Å². The van der Waals surface area contributed by atoms with E-state index < -0.39 is 5.60 Å². The SMILES string of the molecule is Cn1cc(-c2cnc(NCCc3ccccc3)c(=O)n2CC(=O)NCc2cc3c(s2)CCN(C(=O)OC(C)(C)C)C3)cn1.